The minimum absolute atomic E-state index is 0.295. The fourth-order valence-corrected chi connectivity index (χ4v) is 4.66. The largest absolute Gasteiger partial charge is 0.415 e. The van der Waals surface area contributed by atoms with E-state index in [0.717, 1.165) is 54.8 Å². The van der Waals surface area contributed by atoms with Gasteiger partial charge in [-0.15, -0.1) is 11.8 Å². The zero-order valence-electron chi connectivity index (χ0n) is 22.5. The maximum atomic E-state index is 12.9. The van der Waals surface area contributed by atoms with Gasteiger partial charge in [0.25, 0.3) is 0 Å². The van der Waals surface area contributed by atoms with Crippen molar-refractivity contribution in [3.63, 3.8) is 0 Å². The molecule has 1 aliphatic heterocycles. The molecular weight excluding hydrogens is 499 g/mol. The van der Waals surface area contributed by atoms with Crippen LogP contribution < -0.4 is 0 Å². The molecule has 0 saturated carbocycles. The topological polar surface area (TPSA) is 52.9 Å². The quantitative estimate of drug-likeness (QED) is 0.197. The highest BCUT2D eigenvalue weighted by atomic mass is 32.2. The molecule has 0 bridgehead atoms. The van der Waals surface area contributed by atoms with Crippen molar-refractivity contribution in [2.45, 2.75) is 65.0 Å². The molecule has 1 fully saturated rings. The Morgan fingerprint density at radius 3 is 2.35 bits per heavy atom. The molecule has 8 heteroatoms. The highest BCUT2D eigenvalue weighted by Gasteiger charge is 2.30. The fourth-order valence-electron chi connectivity index (χ4n) is 3.58. The summed E-state index contributed by atoms with van der Waals surface area (Å²) in [6.07, 6.45) is 8.47. The van der Waals surface area contributed by atoms with Gasteiger partial charge in [0.2, 0.25) is 0 Å². The maximum absolute atomic E-state index is 12.9. The molecule has 4 nitrogen and oxygen atoms in total. The summed E-state index contributed by atoms with van der Waals surface area (Å²) in [4.78, 5) is 3.26. The van der Waals surface area contributed by atoms with Crippen molar-refractivity contribution in [2.75, 3.05) is 32.0 Å². The Kier molecular flexibility index (Phi) is 14.5. The highest BCUT2D eigenvalue weighted by Crippen LogP contribution is 2.30. The summed E-state index contributed by atoms with van der Waals surface area (Å²) < 4.78 is 44.2. The Morgan fingerprint density at radius 2 is 1.81 bits per heavy atom. The molecule has 208 valence electrons. The number of halogens is 3. The summed E-state index contributed by atoms with van der Waals surface area (Å²) in [5, 5.41) is 18.8. The average Bonchev–Trinajstić information content (AvgIpc) is 3.02. The summed E-state index contributed by atoms with van der Waals surface area (Å²) >= 11 is 1.60. The Balaban J connectivity index is 2.79. The summed E-state index contributed by atoms with van der Waals surface area (Å²) in [6, 6.07) is 0. The molecule has 1 aliphatic rings. The van der Waals surface area contributed by atoms with E-state index in [4.69, 9.17) is 4.74 Å². The minimum Gasteiger partial charge on any atom is -0.366 e. The van der Waals surface area contributed by atoms with E-state index >= 15 is 0 Å². The molecule has 1 rings (SSSR count). The number of aliphatic hydroxyl groups is 2. The molecule has 1 heterocycles. The number of aliphatic hydroxyl groups excluding tert-OH is 1. The van der Waals surface area contributed by atoms with Gasteiger partial charge in [0.15, 0.2) is 6.29 Å². The third-order valence-corrected chi connectivity index (χ3v) is 7.10. The predicted octanol–water partition coefficient (Wildman–Crippen LogP) is 6.88. The molecule has 0 aliphatic carbocycles. The monoisotopic (exact) mass is 541 g/mol. The van der Waals surface area contributed by atoms with Crippen molar-refractivity contribution >= 4 is 11.8 Å². The number of rotatable bonds is 13. The molecule has 0 radical (unpaired) electrons. The molecule has 2 N–H and O–H groups in total. The summed E-state index contributed by atoms with van der Waals surface area (Å²) in [5.41, 5.74) is 1.27. The van der Waals surface area contributed by atoms with Gasteiger partial charge in [0.1, 0.15) is 5.60 Å². The highest BCUT2D eigenvalue weighted by molar-refractivity contribution is 8.03. The van der Waals surface area contributed by atoms with E-state index in [2.05, 4.69) is 24.1 Å². The van der Waals surface area contributed by atoms with Crippen LogP contribution in [0.3, 0.4) is 0 Å². The van der Waals surface area contributed by atoms with Crippen LogP contribution in [0.1, 0.15) is 47.0 Å². The van der Waals surface area contributed by atoms with Gasteiger partial charge < -0.3 is 19.8 Å². The molecule has 0 aromatic heterocycles. The van der Waals surface area contributed by atoms with Crippen LogP contribution in [0.5, 0.6) is 0 Å². The standard InChI is InChI=1S/C29H42F3NO3S/c1-7-10-25(13-12-22(4)29(30,31)32)26(11-8-2)37-21-19-33-17-14-23(9-3)24(15-18-33)16-20-36-28(5,6)27(34)35/h8-13,16,27,34-35H,2,4,7,14-15,17-21H2,1,3,5-6H3/b13-12-,23-9-,24-16-,25-10+,26-11-. The maximum Gasteiger partial charge on any atom is 0.415 e. The molecule has 0 spiro atoms. The third-order valence-electron chi connectivity index (χ3n) is 6.03. The van der Waals surface area contributed by atoms with Crippen molar-refractivity contribution in [3.8, 4) is 0 Å². The second kappa shape index (κ2) is 16.2. The van der Waals surface area contributed by atoms with Crippen molar-refractivity contribution in [3.05, 3.63) is 82.9 Å². The Morgan fingerprint density at radius 1 is 1.16 bits per heavy atom. The zero-order chi connectivity index (χ0) is 28.1. The van der Waals surface area contributed by atoms with E-state index in [9.17, 15) is 23.4 Å². The van der Waals surface area contributed by atoms with Crippen LogP contribution in [0, 0.1) is 0 Å². The smallest absolute Gasteiger partial charge is 0.366 e. The first-order chi connectivity index (χ1) is 17.3. The van der Waals surface area contributed by atoms with E-state index in [1.54, 1.807) is 31.7 Å². The number of nitrogens with zero attached hydrogens (tertiary/aromatic N) is 1. The van der Waals surface area contributed by atoms with E-state index in [0.29, 0.717) is 13.0 Å². The van der Waals surface area contributed by atoms with Crippen molar-refractivity contribution < 1.29 is 28.1 Å². The Bertz CT molecular complexity index is 912. The lowest BCUT2D eigenvalue weighted by Crippen LogP contribution is -2.38. The zero-order valence-corrected chi connectivity index (χ0v) is 23.3. The van der Waals surface area contributed by atoms with Gasteiger partial charge in [-0.25, -0.2) is 0 Å². The number of allylic oxidation sites excluding steroid dienone is 8. The molecule has 0 aromatic carbocycles. The second-order valence-electron chi connectivity index (χ2n) is 9.21. The number of hydrogen-bond donors (Lipinski definition) is 2. The summed E-state index contributed by atoms with van der Waals surface area (Å²) in [6.45, 7) is 17.0. The molecule has 0 unspecified atom stereocenters. The Labute approximate surface area is 224 Å². The number of thioether (sulfide) groups is 1. The second-order valence-corrected chi connectivity index (χ2v) is 10.3. The van der Waals surface area contributed by atoms with E-state index in [-0.39, 0.29) is 0 Å². The number of hydrogen-bond acceptors (Lipinski definition) is 5. The average molecular weight is 542 g/mol. The van der Waals surface area contributed by atoms with Crippen molar-refractivity contribution in [2.24, 2.45) is 0 Å². The number of ether oxygens (including phenoxy) is 1. The van der Waals surface area contributed by atoms with E-state index < -0.39 is 23.6 Å². The first-order valence-electron chi connectivity index (χ1n) is 12.5. The van der Waals surface area contributed by atoms with Crippen LogP contribution in [-0.2, 0) is 4.74 Å². The minimum atomic E-state index is -4.45. The van der Waals surface area contributed by atoms with Gasteiger partial charge in [-0.1, -0.05) is 56.5 Å². The van der Waals surface area contributed by atoms with Crippen LogP contribution >= 0.6 is 11.8 Å². The molecule has 0 atom stereocenters. The van der Waals surface area contributed by atoms with Gasteiger partial charge in [0, 0.05) is 35.9 Å². The van der Waals surface area contributed by atoms with Crippen molar-refractivity contribution in [1.82, 2.24) is 4.90 Å². The first kappa shape index (κ1) is 33.2. The molecular formula is C29H42F3NO3S. The van der Waals surface area contributed by atoms with Crippen LogP contribution in [0.15, 0.2) is 82.9 Å². The van der Waals surface area contributed by atoms with Gasteiger partial charge >= 0.3 is 6.18 Å². The lowest BCUT2D eigenvalue weighted by atomic mass is 10.0. The number of alkyl halides is 3. The van der Waals surface area contributed by atoms with Crippen LogP contribution in [0.25, 0.3) is 0 Å². The van der Waals surface area contributed by atoms with Crippen LogP contribution in [0.4, 0.5) is 13.2 Å². The summed E-state index contributed by atoms with van der Waals surface area (Å²) in [7, 11) is 0. The van der Waals surface area contributed by atoms with Crippen LogP contribution in [0.2, 0.25) is 0 Å². The lowest BCUT2D eigenvalue weighted by molar-refractivity contribution is -0.187. The number of likely N-dealkylation sites (tertiary alicyclic amines) is 1. The Hall–Kier alpha value is -1.84. The third kappa shape index (κ3) is 12.0. The van der Waals surface area contributed by atoms with E-state index in [1.165, 1.54) is 17.2 Å². The first-order valence-corrected chi connectivity index (χ1v) is 13.5. The van der Waals surface area contributed by atoms with Crippen LogP contribution in [-0.4, -0.2) is 65.2 Å². The van der Waals surface area contributed by atoms with Gasteiger partial charge in [-0.3, -0.25) is 0 Å². The fraction of sp³-hybridized carbons (Fsp3) is 0.517. The lowest BCUT2D eigenvalue weighted by Gasteiger charge is -2.26. The summed E-state index contributed by atoms with van der Waals surface area (Å²) in [5.74, 6) is 0.782. The molecule has 1 saturated heterocycles. The molecule has 37 heavy (non-hydrogen) atoms. The molecule has 0 amide bonds. The van der Waals surface area contributed by atoms with Crippen molar-refractivity contribution in [1.29, 1.82) is 0 Å². The van der Waals surface area contributed by atoms with Gasteiger partial charge in [0.05, 0.1) is 6.61 Å². The SMILES string of the molecule is C=C/C=C(SCCN1CCC(=C/C)/C(=C\COC(C)(C)C(O)O)CC1)/C(/C=C\C(=C)C(F)(F)F)=C/CC. The normalized spacial score (nSPS) is 19.3. The van der Waals surface area contributed by atoms with Gasteiger partial charge in [-0.05, 0) is 62.8 Å². The van der Waals surface area contributed by atoms with Gasteiger partial charge in [-0.2, -0.15) is 13.2 Å². The molecule has 0 aromatic rings. The van der Waals surface area contributed by atoms with E-state index in [1.807, 2.05) is 32.1 Å². The predicted molar refractivity (Wildman–Crippen MR) is 149 cm³/mol.